The van der Waals surface area contributed by atoms with Crippen LogP contribution < -0.4 is 5.73 Å². The van der Waals surface area contributed by atoms with Crippen molar-refractivity contribution >= 4 is 63.1 Å². The molecule has 0 saturated carbocycles. The number of aromatic nitrogens is 6. The van der Waals surface area contributed by atoms with Crippen LogP contribution in [0.15, 0.2) is 71.7 Å². The van der Waals surface area contributed by atoms with Gasteiger partial charge in [0.25, 0.3) is 0 Å². The molecule has 0 fully saturated rings. The predicted octanol–water partition coefficient (Wildman–Crippen LogP) is 7.17. The zero-order valence-electron chi connectivity index (χ0n) is 26.2. The topological polar surface area (TPSA) is 148 Å². The highest BCUT2D eigenvalue weighted by molar-refractivity contribution is 9.10. The lowest BCUT2D eigenvalue weighted by molar-refractivity contribution is 0.268. The normalized spacial score (nSPS) is 12.5. The Labute approximate surface area is 304 Å². The largest absolute Gasteiger partial charge is 0.396 e. The lowest BCUT2D eigenvalue weighted by Crippen LogP contribution is -2.14. The summed E-state index contributed by atoms with van der Waals surface area (Å²) in [5, 5.41) is 37.4. The molecule has 0 bridgehead atoms. The molecule has 0 saturated heterocycles. The molecule has 5 N–H and O–H groups in total. The highest BCUT2D eigenvalue weighted by Gasteiger charge is 2.12. The Morgan fingerprint density at radius 3 is 1.47 bits per heavy atom. The van der Waals surface area contributed by atoms with E-state index in [4.69, 9.17) is 55.9 Å². The molecule has 0 unspecified atom stereocenters. The SMILES string of the molecule is C[C@H](CO)c1ccc(Cl)c(Br)c1.Cc1ncn(-c2cc([C@H](C)CO)ccc2Cl)n1.Cc1ncn(-c2cc([C@H](N)CO)ccc2Cl)n1.Cl. The zero-order chi connectivity index (χ0) is 34.0. The lowest BCUT2D eigenvalue weighted by Gasteiger charge is -2.11. The highest BCUT2D eigenvalue weighted by Crippen LogP contribution is 2.27. The van der Waals surface area contributed by atoms with Gasteiger partial charge in [0.1, 0.15) is 24.3 Å². The molecule has 10 nitrogen and oxygen atoms in total. The number of nitrogens with zero attached hydrogens (tertiary/aromatic N) is 6. The number of halogens is 5. The van der Waals surface area contributed by atoms with Gasteiger partial charge in [-0.05, 0) is 82.9 Å². The van der Waals surface area contributed by atoms with Crippen LogP contribution in [0, 0.1) is 13.8 Å². The molecular formula is C32H38BrCl4N7O3. The van der Waals surface area contributed by atoms with Crippen LogP contribution in [0.4, 0.5) is 0 Å². The molecule has 3 atom stereocenters. The van der Waals surface area contributed by atoms with Crippen molar-refractivity contribution in [3.8, 4) is 11.4 Å². The third-order valence-corrected chi connectivity index (χ3v) is 8.75. The summed E-state index contributed by atoms with van der Waals surface area (Å²) in [5.41, 5.74) is 10.2. The van der Waals surface area contributed by atoms with Gasteiger partial charge in [-0.3, -0.25) is 0 Å². The first kappa shape index (κ1) is 40.6. The van der Waals surface area contributed by atoms with Crippen LogP contribution in [0.1, 0.15) is 60.1 Å². The molecule has 0 aliphatic carbocycles. The van der Waals surface area contributed by atoms with Crippen molar-refractivity contribution in [1.82, 2.24) is 29.5 Å². The molecule has 0 spiro atoms. The Morgan fingerprint density at radius 1 is 0.681 bits per heavy atom. The monoisotopic (exact) mass is 787 g/mol. The van der Waals surface area contributed by atoms with Gasteiger partial charge < -0.3 is 21.1 Å². The Bertz CT molecular complexity index is 1620. The third kappa shape index (κ3) is 11.5. The molecule has 15 heteroatoms. The summed E-state index contributed by atoms with van der Waals surface area (Å²) >= 11 is 21.4. The van der Waals surface area contributed by atoms with Crippen molar-refractivity contribution in [2.45, 2.75) is 45.6 Å². The van der Waals surface area contributed by atoms with Crippen LogP contribution in [-0.2, 0) is 0 Å². The first-order valence-electron chi connectivity index (χ1n) is 14.3. The Hall–Kier alpha value is -2.58. The molecule has 0 aliphatic heterocycles. The van der Waals surface area contributed by atoms with E-state index in [9.17, 15) is 0 Å². The summed E-state index contributed by atoms with van der Waals surface area (Å²) in [6.07, 6.45) is 3.22. The van der Waals surface area contributed by atoms with Gasteiger partial charge in [0, 0.05) is 29.5 Å². The van der Waals surface area contributed by atoms with Crippen molar-refractivity contribution in [2.75, 3.05) is 19.8 Å². The number of aryl methyl sites for hydroxylation is 2. The number of nitrogens with two attached hydrogens (primary N) is 1. The number of hydrogen-bond donors (Lipinski definition) is 4. The minimum Gasteiger partial charge on any atom is -0.396 e. The van der Waals surface area contributed by atoms with E-state index in [1.165, 1.54) is 0 Å². The summed E-state index contributed by atoms with van der Waals surface area (Å²) < 4.78 is 4.11. The van der Waals surface area contributed by atoms with Gasteiger partial charge in [0.05, 0.1) is 39.1 Å². The maximum absolute atomic E-state index is 9.16. The number of aliphatic hydroxyl groups is 3. The fourth-order valence-corrected chi connectivity index (χ4v) is 4.93. The molecule has 2 heterocycles. The van der Waals surface area contributed by atoms with E-state index in [-0.39, 0.29) is 44.1 Å². The van der Waals surface area contributed by atoms with Crippen LogP contribution in [-0.4, -0.2) is 64.7 Å². The van der Waals surface area contributed by atoms with Gasteiger partial charge in [-0.15, -0.1) is 12.4 Å². The van der Waals surface area contributed by atoms with Gasteiger partial charge >= 0.3 is 0 Å². The van der Waals surface area contributed by atoms with Crippen molar-refractivity contribution in [3.05, 3.63) is 115 Å². The van der Waals surface area contributed by atoms with Crippen molar-refractivity contribution in [3.63, 3.8) is 0 Å². The molecule has 0 amide bonds. The third-order valence-electron chi connectivity index (χ3n) is 6.90. The Balaban J connectivity index is 0.000000247. The van der Waals surface area contributed by atoms with Crippen LogP contribution in [0.25, 0.3) is 11.4 Å². The Morgan fingerprint density at radius 2 is 1.09 bits per heavy atom. The summed E-state index contributed by atoms with van der Waals surface area (Å²) in [6, 6.07) is 16.2. The average molecular weight is 790 g/mol. The molecule has 3 aromatic carbocycles. The van der Waals surface area contributed by atoms with E-state index in [2.05, 4.69) is 36.1 Å². The van der Waals surface area contributed by atoms with Gasteiger partial charge in [-0.2, -0.15) is 10.2 Å². The van der Waals surface area contributed by atoms with Crippen LogP contribution >= 0.6 is 63.1 Å². The minimum absolute atomic E-state index is 0. The molecular weight excluding hydrogens is 752 g/mol. The summed E-state index contributed by atoms with van der Waals surface area (Å²) in [4.78, 5) is 8.11. The second kappa shape index (κ2) is 19.4. The zero-order valence-corrected chi connectivity index (χ0v) is 30.9. The standard InChI is InChI=1S/C12H14ClN3O.C11H13ClN4O.C9H10BrClO.ClH/c1-8(6-17)10-3-4-11(13)12(5-10)16-7-14-9(2)15-16;1-7-14-6-16(15-7)11-4-8(10(13)5-17)2-3-9(11)12;1-6(5-12)7-2-3-9(11)8(10)4-7;/h3-5,7-8,17H,6H2,1-2H3;2-4,6,10,17H,5,13H2,1H3;2-4,6,12H,5H2,1H3;1H/t8-;10-;6-;/m111./s1. The van der Waals surface area contributed by atoms with E-state index in [1.807, 2.05) is 57.2 Å². The van der Waals surface area contributed by atoms with Crippen LogP contribution in [0.2, 0.25) is 15.1 Å². The number of aliphatic hydroxyl groups excluding tert-OH is 3. The molecule has 5 aromatic rings. The quantitative estimate of drug-likeness (QED) is 0.129. The van der Waals surface area contributed by atoms with E-state index >= 15 is 0 Å². The second-order valence-electron chi connectivity index (χ2n) is 10.5. The predicted molar refractivity (Wildman–Crippen MR) is 194 cm³/mol. The van der Waals surface area contributed by atoms with E-state index in [0.29, 0.717) is 32.4 Å². The van der Waals surface area contributed by atoms with E-state index in [1.54, 1.807) is 47.1 Å². The van der Waals surface area contributed by atoms with Crippen molar-refractivity contribution < 1.29 is 15.3 Å². The fraction of sp³-hybridized carbons (Fsp3) is 0.312. The minimum atomic E-state index is -0.421. The Kier molecular flexibility index (Phi) is 16.8. The van der Waals surface area contributed by atoms with Gasteiger partial charge in [-0.25, -0.2) is 19.3 Å². The van der Waals surface area contributed by atoms with Crippen LogP contribution in [0.5, 0.6) is 0 Å². The van der Waals surface area contributed by atoms with Gasteiger partial charge in [-0.1, -0.05) is 66.8 Å². The number of rotatable bonds is 8. The van der Waals surface area contributed by atoms with Gasteiger partial charge in [0.2, 0.25) is 0 Å². The molecule has 0 aliphatic rings. The molecule has 0 radical (unpaired) electrons. The maximum Gasteiger partial charge on any atom is 0.147 e. The molecule has 2 aromatic heterocycles. The van der Waals surface area contributed by atoms with Crippen molar-refractivity contribution in [1.29, 1.82) is 0 Å². The first-order chi connectivity index (χ1) is 21.9. The summed E-state index contributed by atoms with van der Waals surface area (Å²) in [7, 11) is 0. The van der Waals surface area contributed by atoms with Crippen molar-refractivity contribution in [2.24, 2.45) is 5.73 Å². The lowest BCUT2D eigenvalue weighted by atomic mass is 10.0. The highest BCUT2D eigenvalue weighted by atomic mass is 79.9. The fourth-order valence-electron chi connectivity index (χ4n) is 4.01. The van der Waals surface area contributed by atoms with Gasteiger partial charge in [0.15, 0.2) is 0 Å². The molecule has 47 heavy (non-hydrogen) atoms. The first-order valence-corrected chi connectivity index (χ1v) is 16.2. The molecule has 5 rings (SSSR count). The second-order valence-corrected chi connectivity index (χ2v) is 12.6. The summed E-state index contributed by atoms with van der Waals surface area (Å²) in [6.45, 7) is 7.70. The van der Waals surface area contributed by atoms with E-state index in [0.717, 1.165) is 26.9 Å². The molecule has 254 valence electrons. The van der Waals surface area contributed by atoms with E-state index < -0.39 is 6.04 Å². The average Bonchev–Trinajstić information content (AvgIpc) is 3.70. The van der Waals surface area contributed by atoms with Crippen LogP contribution in [0.3, 0.4) is 0 Å². The number of benzene rings is 3. The smallest absolute Gasteiger partial charge is 0.147 e. The maximum atomic E-state index is 9.16. The number of hydrogen-bond acceptors (Lipinski definition) is 8. The summed E-state index contributed by atoms with van der Waals surface area (Å²) in [5.74, 6) is 1.61.